The van der Waals surface area contributed by atoms with E-state index < -0.39 is 18.0 Å². The van der Waals surface area contributed by atoms with Gasteiger partial charge in [-0.3, -0.25) is 9.59 Å². The van der Waals surface area contributed by atoms with Gasteiger partial charge in [0.25, 0.3) is 5.91 Å². The van der Waals surface area contributed by atoms with E-state index in [1.807, 2.05) is 0 Å². The normalized spacial score (nSPS) is 19.8. The highest BCUT2D eigenvalue weighted by atomic mass is 16.5. The zero-order valence-electron chi connectivity index (χ0n) is 11.8. The van der Waals surface area contributed by atoms with Crippen LogP contribution in [-0.2, 0) is 19.1 Å². The first kappa shape index (κ1) is 16.9. The van der Waals surface area contributed by atoms with Crippen LogP contribution < -0.4 is 0 Å². The van der Waals surface area contributed by atoms with Gasteiger partial charge in [0.1, 0.15) is 6.10 Å². The van der Waals surface area contributed by atoms with Crippen molar-refractivity contribution < 1.29 is 29.3 Å². The van der Waals surface area contributed by atoms with Crippen LogP contribution in [0.3, 0.4) is 0 Å². The smallest absolute Gasteiger partial charge is 0.308 e. The first-order chi connectivity index (χ1) is 9.56. The van der Waals surface area contributed by atoms with Crippen molar-refractivity contribution in [2.24, 2.45) is 5.92 Å². The van der Waals surface area contributed by atoms with Gasteiger partial charge in [-0.15, -0.1) is 0 Å². The number of hydrogen-bond donors (Lipinski definition) is 2. The van der Waals surface area contributed by atoms with Gasteiger partial charge in [0.2, 0.25) is 0 Å². The second-order valence-electron chi connectivity index (χ2n) is 4.86. The summed E-state index contributed by atoms with van der Waals surface area (Å²) in [5, 5.41) is 17.6. The summed E-state index contributed by atoms with van der Waals surface area (Å²) in [4.78, 5) is 24.7. The summed E-state index contributed by atoms with van der Waals surface area (Å²) < 4.78 is 10.5. The third-order valence-electron chi connectivity index (χ3n) is 3.17. The summed E-state index contributed by atoms with van der Waals surface area (Å²) in [7, 11) is 0. The van der Waals surface area contributed by atoms with Gasteiger partial charge in [0.15, 0.2) is 0 Å². The second kappa shape index (κ2) is 8.89. The largest absolute Gasteiger partial charge is 0.481 e. The van der Waals surface area contributed by atoms with Crippen molar-refractivity contribution in [1.82, 2.24) is 4.90 Å². The van der Waals surface area contributed by atoms with Gasteiger partial charge in [-0.2, -0.15) is 0 Å². The van der Waals surface area contributed by atoms with Crippen molar-refractivity contribution in [2.75, 3.05) is 39.5 Å². The van der Waals surface area contributed by atoms with Crippen molar-refractivity contribution in [3.8, 4) is 0 Å². The standard InChI is InChI=1S/C13H23NO6/c1-10(13(17)18)9-14(4-7-19-8-5-15)12(16)11-3-2-6-20-11/h10-11,15H,2-9H2,1H3,(H,17,18). The molecule has 0 saturated carbocycles. The average Bonchev–Trinajstić information content (AvgIpc) is 2.95. The number of aliphatic carboxylic acids is 1. The zero-order chi connectivity index (χ0) is 15.0. The Labute approximate surface area is 118 Å². The molecule has 1 amide bonds. The summed E-state index contributed by atoms with van der Waals surface area (Å²) >= 11 is 0. The molecule has 7 heteroatoms. The van der Waals surface area contributed by atoms with Gasteiger partial charge in [-0.1, -0.05) is 6.92 Å². The third kappa shape index (κ3) is 5.44. The van der Waals surface area contributed by atoms with E-state index >= 15 is 0 Å². The lowest BCUT2D eigenvalue weighted by Gasteiger charge is -2.26. The minimum Gasteiger partial charge on any atom is -0.481 e. The van der Waals surface area contributed by atoms with E-state index in [4.69, 9.17) is 19.7 Å². The summed E-state index contributed by atoms with van der Waals surface area (Å²) in [5.74, 6) is -1.76. The molecule has 1 heterocycles. The molecule has 2 N–H and O–H groups in total. The Morgan fingerprint density at radius 2 is 2.20 bits per heavy atom. The number of rotatable bonds is 9. The number of aliphatic hydroxyl groups is 1. The summed E-state index contributed by atoms with van der Waals surface area (Å²) in [5.41, 5.74) is 0. The van der Waals surface area contributed by atoms with Gasteiger partial charge in [-0.25, -0.2) is 0 Å². The molecular formula is C13H23NO6. The van der Waals surface area contributed by atoms with Crippen LogP contribution in [-0.4, -0.2) is 72.6 Å². The van der Waals surface area contributed by atoms with Crippen LogP contribution in [0.5, 0.6) is 0 Å². The predicted octanol–water partition coefficient (Wildman–Crippen LogP) is -0.276. The van der Waals surface area contributed by atoms with Gasteiger partial charge in [0, 0.05) is 19.7 Å². The Hall–Kier alpha value is -1.18. The number of carbonyl (C=O) groups excluding carboxylic acids is 1. The fraction of sp³-hybridized carbons (Fsp3) is 0.846. The fourth-order valence-corrected chi connectivity index (χ4v) is 2.02. The molecule has 1 aliphatic rings. The first-order valence-electron chi connectivity index (χ1n) is 6.88. The molecule has 0 radical (unpaired) electrons. The van der Waals surface area contributed by atoms with Gasteiger partial charge in [-0.05, 0) is 12.8 Å². The number of carboxylic acids is 1. The Bertz CT molecular complexity index is 316. The van der Waals surface area contributed by atoms with E-state index in [9.17, 15) is 9.59 Å². The van der Waals surface area contributed by atoms with E-state index in [0.717, 1.165) is 6.42 Å². The molecule has 0 aromatic carbocycles. The van der Waals surface area contributed by atoms with Crippen molar-refractivity contribution in [3.63, 3.8) is 0 Å². The Balaban J connectivity index is 2.52. The first-order valence-corrected chi connectivity index (χ1v) is 6.88. The van der Waals surface area contributed by atoms with E-state index in [0.29, 0.717) is 19.6 Å². The molecule has 7 nitrogen and oxygen atoms in total. The van der Waals surface area contributed by atoms with Gasteiger partial charge < -0.3 is 24.6 Å². The number of nitrogens with zero attached hydrogens (tertiary/aromatic N) is 1. The maximum Gasteiger partial charge on any atom is 0.308 e. The summed E-state index contributed by atoms with van der Waals surface area (Å²) in [6, 6.07) is 0. The van der Waals surface area contributed by atoms with Crippen LogP contribution in [0.1, 0.15) is 19.8 Å². The van der Waals surface area contributed by atoms with Crippen LogP contribution in [0.25, 0.3) is 0 Å². The maximum atomic E-state index is 12.3. The molecule has 1 aliphatic heterocycles. The van der Waals surface area contributed by atoms with E-state index in [-0.39, 0.29) is 32.3 Å². The molecule has 20 heavy (non-hydrogen) atoms. The van der Waals surface area contributed by atoms with E-state index in [1.54, 1.807) is 6.92 Å². The van der Waals surface area contributed by atoms with E-state index in [1.165, 1.54) is 4.90 Å². The fourth-order valence-electron chi connectivity index (χ4n) is 2.02. The van der Waals surface area contributed by atoms with Crippen LogP contribution in [0.2, 0.25) is 0 Å². The monoisotopic (exact) mass is 289 g/mol. The summed E-state index contributed by atoms with van der Waals surface area (Å²) in [6.45, 7) is 2.96. The Kier molecular flexibility index (Phi) is 7.50. The van der Waals surface area contributed by atoms with Crippen LogP contribution in [0.4, 0.5) is 0 Å². The molecule has 0 aromatic heterocycles. The van der Waals surface area contributed by atoms with Crippen LogP contribution in [0.15, 0.2) is 0 Å². The number of carboxylic acid groups (broad SMARTS) is 1. The van der Waals surface area contributed by atoms with Crippen LogP contribution in [0, 0.1) is 5.92 Å². The minimum atomic E-state index is -0.939. The molecule has 116 valence electrons. The third-order valence-corrected chi connectivity index (χ3v) is 3.17. The highest BCUT2D eigenvalue weighted by molar-refractivity contribution is 5.82. The molecule has 1 saturated heterocycles. The molecule has 1 fully saturated rings. The summed E-state index contributed by atoms with van der Waals surface area (Å²) in [6.07, 6.45) is 1.06. The number of ether oxygens (including phenoxy) is 2. The van der Waals surface area contributed by atoms with Gasteiger partial charge >= 0.3 is 5.97 Å². The number of hydrogen-bond acceptors (Lipinski definition) is 5. The number of carbonyl (C=O) groups is 2. The van der Waals surface area contributed by atoms with Crippen molar-refractivity contribution in [3.05, 3.63) is 0 Å². The number of aliphatic hydroxyl groups excluding tert-OH is 1. The molecule has 0 bridgehead atoms. The lowest BCUT2D eigenvalue weighted by molar-refractivity contribution is -0.146. The molecule has 0 aliphatic carbocycles. The Morgan fingerprint density at radius 1 is 1.45 bits per heavy atom. The number of amides is 1. The van der Waals surface area contributed by atoms with E-state index in [2.05, 4.69) is 0 Å². The van der Waals surface area contributed by atoms with Gasteiger partial charge in [0.05, 0.1) is 25.7 Å². The zero-order valence-corrected chi connectivity index (χ0v) is 11.8. The lowest BCUT2D eigenvalue weighted by atomic mass is 10.1. The van der Waals surface area contributed by atoms with Crippen molar-refractivity contribution >= 4 is 11.9 Å². The van der Waals surface area contributed by atoms with Crippen LogP contribution >= 0.6 is 0 Å². The maximum absolute atomic E-state index is 12.3. The van der Waals surface area contributed by atoms with Crippen molar-refractivity contribution in [1.29, 1.82) is 0 Å². The highest BCUT2D eigenvalue weighted by Gasteiger charge is 2.29. The van der Waals surface area contributed by atoms with Crippen molar-refractivity contribution in [2.45, 2.75) is 25.9 Å². The SMILES string of the molecule is CC(CN(CCOCCO)C(=O)C1CCCO1)C(=O)O. The minimum absolute atomic E-state index is 0.0782. The Morgan fingerprint density at radius 3 is 2.75 bits per heavy atom. The predicted molar refractivity (Wildman–Crippen MR) is 70.3 cm³/mol. The molecule has 2 atom stereocenters. The topological polar surface area (TPSA) is 96.3 Å². The second-order valence-corrected chi connectivity index (χ2v) is 4.86. The molecule has 0 aromatic rings. The highest BCUT2D eigenvalue weighted by Crippen LogP contribution is 2.15. The lowest BCUT2D eigenvalue weighted by Crippen LogP contribution is -2.44. The molecule has 2 unspecified atom stereocenters. The average molecular weight is 289 g/mol. The molecule has 0 spiro atoms. The quantitative estimate of drug-likeness (QED) is 0.567. The molecule has 1 rings (SSSR count). The molecular weight excluding hydrogens is 266 g/mol.